The Kier molecular flexibility index (Phi) is 10.1. The number of nitro groups is 1. The Morgan fingerprint density at radius 3 is 2.14 bits per heavy atom. The predicted molar refractivity (Wildman–Crippen MR) is 164 cm³/mol. The second kappa shape index (κ2) is 13.2. The first-order valence-corrected chi connectivity index (χ1v) is 15.3. The molecule has 0 radical (unpaired) electrons. The summed E-state index contributed by atoms with van der Waals surface area (Å²) < 4.78 is 26.9. The highest BCUT2D eigenvalue weighted by molar-refractivity contribution is 7.92. The smallest absolute Gasteiger partial charge is 0.271 e. The zero-order chi connectivity index (χ0) is 31.2. The molecule has 42 heavy (non-hydrogen) atoms. The predicted octanol–water partition coefficient (Wildman–Crippen LogP) is 4.53. The number of nitrogens with zero attached hydrogens (tertiary/aromatic N) is 3. The van der Waals surface area contributed by atoms with Crippen LogP contribution in [0.5, 0.6) is 0 Å². The molecule has 0 saturated carbocycles. The number of sulfonamides is 1. The third kappa shape index (κ3) is 8.62. The quantitative estimate of drug-likeness (QED) is 0.256. The summed E-state index contributed by atoms with van der Waals surface area (Å²) in [5.41, 5.74) is 2.08. The lowest BCUT2D eigenvalue weighted by Crippen LogP contribution is -2.56. The van der Waals surface area contributed by atoms with Gasteiger partial charge in [-0.05, 0) is 56.9 Å². The molecule has 0 heterocycles. The average Bonchev–Trinajstić information content (AvgIpc) is 2.89. The van der Waals surface area contributed by atoms with Crippen molar-refractivity contribution >= 4 is 33.2 Å². The first-order chi connectivity index (χ1) is 19.6. The summed E-state index contributed by atoms with van der Waals surface area (Å²) in [6.07, 6.45) is 1.13. The van der Waals surface area contributed by atoms with Crippen LogP contribution in [0.25, 0.3) is 0 Å². The van der Waals surface area contributed by atoms with Crippen LogP contribution >= 0.6 is 0 Å². The fourth-order valence-electron chi connectivity index (χ4n) is 4.55. The van der Waals surface area contributed by atoms with Crippen molar-refractivity contribution in [2.45, 2.75) is 59.2 Å². The molecule has 1 N–H and O–H groups in total. The van der Waals surface area contributed by atoms with E-state index in [-0.39, 0.29) is 30.2 Å². The lowest BCUT2D eigenvalue weighted by Gasteiger charge is -2.35. The summed E-state index contributed by atoms with van der Waals surface area (Å²) in [6, 6.07) is 19.6. The fraction of sp³-hybridized carbons (Fsp3) is 0.355. The van der Waals surface area contributed by atoms with E-state index in [0.29, 0.717) is 5.56 Å². The number of non-ortho nitro benzene ring substituents is 1. The maximum atomic E-state index is 14.2. The van der Waals surface area contributed by atoms with E-state index in [0.717, 1.165) is 33.3 Å². The van der Waals surface area contributed by atoms with Crippen LogP contribution in [0.2, 0.25) is 0 Å². The van der Waals surface area contributed by atoms with E-state index in [1.165, 1.54) is 17.0 Å². The van der Waals surface area contributed by atoms with Gasteiger partial charge in [0.1, 0.15) is 12.6 Å². The summed E-state index contributed by atoms with van der Waals surface area (Å²) in [5, 5.41) is 14.5. The average molecular weight is 595 g/mol. The lowest BCUT2D eigenvalue weighted by molar-refractivity contribution is -0.384. The van der Waals surface area contributed by atoms with Crippen LogP contribution in [-0.2, 0) is 32.6 Å². The van der Waals surface area contributed by atoms with E-state index in [1.54, 1.807) is 6.92 Å². The Balaban J connectivity index is 2.14. The molecule has 0 spiro atoms. The van der Waals surface area contributed by atoms with Gasteiger partial charge in [0.2, 0.25) is 21.8 Å². The molecule has 224 valence electrons. The molecule has 1 atom stereocenters. The molecule has 11 heteroatoms. The monoisotopic (exact) mass is 594 g/mol. The van der Waals surface area contributed by atoms with Crippen LogP contribution in [0.1, 0.15) is 43.0 Å². The Morgan fingerprint density at radius 2 is 1.57 bits per heavy atom. The number of nitrogens with one attached hydrogen (secondary N) is 1. The fourth-order valence-corrected chi connectivity index (χ4v) is 5.45. The summed E-state index contributed by atoms with van der Waals surface area (Å²) in [4.78, 5) is 40.3. The molecule has 2 amide bonds. The van der Waals surface area contributed by atoms with Gasteiger partial charge in [-0.3, -0.25) is 24.0 Å². The number of rotatable bonds is 11. The van der Waals surface area contributed by atoms with Crippen molar-refractivity contribution in [2.75, 3.05) is 17.1 Å². The third-order valence-electron chi connectivity index (χ3n) is 6.72. The molecule has 0 bridgehead atoms. The zero-order valence-electron chi connectivity index (χ0n) is 24.8. The molecule has 0 aliphatic carbocycles. The standard InChI is InChI=1S/C31H38N4O6S/c1-22-12-10-11-15-25(22)20-33(28(30(37)32-31(3,4)5)18-24-13-8-7-9-14-24)29(36)21-34(42(6,40)41)27-19-26(35(38)39)17-16-23(27)2/h7-17,19,28H,18,20-21H2,1-6H3,(H,32,37)/t28-/m0/s1. The van der Waals surface area contributed by atoms with Crippen molar-refractivity contribution in [3.63, 3.8) is 0 Å². The van der Waals surface area contributed by atoms with Crippen molar-refractivity contribution in [3.8, 4) is 0 Å². The highest BCUT2D eigenvalue weighted by Gasteiger charge is 2.35. The summed E-state index contributed by atoms with van der Waals surface area (Å²) in [5.74, 6) is -1.01. The number of carbonyl (C=O) groups excluding carboxylic acids is 2. The van der Waals surface area contributed by atoms with Crippen molar-refractivity contribution in [3.05, 3.63) is 105 Å². The lowest BCUT2D eigenvalue weighted by atomic mass is 10.00. The third-order valence-corrected chi connectivity index (χ3v) is 7.85. The van der Waals surface area contributed by atoms with E-state index in [1.807, 2.05) is 82.3 Å². The first kappa shape index (κ1) is 32.3. The van der Waals surface area contributed by atoms with Gasteiger partial charge < -0.3 is 10.2 Å². The zero-order valence-corrected chi connectivity index (χ0v) is 25.6. The number of carbonyl (C=O) groups is 2. The maximum absolute atomic E-state index is 14.2. The molecule has 0 fully saturated rings. The molecular formula is C31H38N4O6S. The second-order valence-electron chi connectivity index (χ2n) is 11.4. The first-order valence-electron chi connectivity index (χ1n) is 13.5. The van der Waals surface area contributed by atoms with Crippen molar-refractivity contribution < 1.29 is 22.9 Å². The minimum absolute atomic E-state index is 0.0228. The Morgan fingerprint density at radius 1 is 0.952 bits per heavy atom. The Bertz CT molecular complexity index is 1550. The largest absolute Gasteiger partial charge is 0.350 e. The van der Waals surface area contributed by atoms with Gasteiger partial charge in [-0.2, -0.15) is 0 Å². The molecule has 3 rings (SSSR count). The van der Waals surface area contributed by atoms with Gasteiger partial charge in [-0.15, -0.1) is 0 Å². The summed E-state index contributed by atoms with van der Waals surface area (Å²) in [6.45, 7) is 8.43. The van der Waals surface area contributed by atoms with Crippen LogP contribution in [0.15, 0.2) is 72.8 Å². The van der Waals surface area contributed by atoms with Gasteiger partial charge in [-0.25, -0.2) is 8.42 Å². The summed E-state index contributed by atoms with van der Waals surface area (Å²) >= 11 is 0. The number of aryl methyl sites for hydroxylation is 2. The number of amides is 2. The number of anilines is 1. The molecule has 0 aromatic heterocycles. The molecule has 0 aliphatic rings. The number of hydrogen-bond acceptors (Lipinski definition) is 6. The van der Waals surface area contributed by atoms with Crippen LogP contribution in [0, 0.1) is 24.0 Å². The topological polar surface area (TPSA) is 130 Å². The van der Waals surface area contributed by atoms with Gasteiger partial charge in [-0.1, -0.05) is 60.7 Å². The van der Waals surface area contributed by atoms with E-state index in [4.69, 9.17) is 0 Å². The molecule has 3 aromatic carbocycles. The number of nitro benzene ring substituents is 1. The van der Waals surface area contributed by atoms with Crippen LogP contribution < -0.4 is 9.62 Å². The van der Waals surface area contributed by atoms with E-state index in [9.17, 15) is 28.1 Å². The van der Waals surface area contributed by atoms with Crippen molar-refractivity contribution in [1.82, 2.24) is 10.2 Å². The van der Waals surface area contributed by atoms with Crippen molar-refractivity contribution in [2.24, 2.45) is 0 Å². The molecular weight excluding hydrogens is 556 g/mol. The number of benzene rings is 3. The van der Waals surface area contributed by atoms with Crippen LogP contribution in [-0.4, -0.2) is 54.4 Å². The van der Waals surface area contributed by atoms with Gasteiger partial charge in [0, 0.05) is 30.6 Å². The minimum atomic E-state index is -4.06. The molecule has 10 nitrogen and oxygen atoms in total. The second-order valence-corrected chi connectivity index (χ2v) is 13.3. The van der Waals surface area contributed by atoms with Crippen molar-refractivity contribution in [1.29, 1.82) is 0 Å². The van der Waals surface area contributed by atoms with E-state index >= 15 is 0 Å². The normalized spacial score (nSPS) is 12.3. The molecule has 0 saturated heterocycles. The molecule has 0 aliphatic heterocycles. The minimum Gasteiger partial charge on any atom is -0.350 e. The van der Waals surface area contributed by atoms with E-state index < -0.39 is 39.0 Å². The SMILES string of the molecule is Cc1ccccc1CN(C(=O)CN(c1cc([N+](=O)[O-])ccc1C)S(C)(=O)=O)[C@@H](Cc1ccccc1)C(=O)NC(C)(C)C. The van der Waals surface area contributed by atoms with Crippen LogP contribution in [0.4, 0.5) is 11.4 Å². The Hall–Kier alpha value is -4.25. The van der Waals surface area contributed by atoms with Gasteiger partial charge in [0.05, 0.1) is 16.9 Å². The molecule has 0 unspecified atom stereocenters. The van der Waals surface area contributed by atoms with Crippen LogP contribution in [0.3, 0.4) is 0 Å². The Labute approximate surface area is 247 Å². The number of hydrogen-bond donors (Lipinski definition) is 1. The van der Waals surface area contributed by atoms with Gasteiger partial charge >= 0.3 is 0 Å². The highest BCUT2D eigenvalue weighted by Crippen LogP contribution is 2.28. The molecule has 3 aromatic rings. The summed E-state index contributed by atoms with van der Waals surface area (Å²) in [7, 11) is -4.06. The van der Waals surface area contributed by atoms with Gasteiger partial charge in [0.15, 0.2) is 0 Å². The van der Waals surface area contributed by atoms with E-state index in [2.05, 4.69) is 5.32 Å². The van der Waals surface area contributed by atoms with Gasteiger partial charge in [0.25, 0.3) is 5.69 Å². The maximum Gasteiger partial charge on any atom is 0.271 e. The highest BCUT2D eigenvalue weighted by atomic mass is 32.2.